The van der Waals surface area contributed by atoms with Crippen LogP contribution in [0.2, 0.25) is 0 Å². The summed E-state index contributed by atoms with van der Waals surface area (Å²) in [7, 11) is 1.66. The van der Waals surface area contributed by atoms with Crippen molar-refractivity contribution >= 4 is 6.03 Å². The molecule has 0 bridgehead atoms. The number of rotatable bonds is 5. The second-order valence-corrected chi connectivity index (χ2v) is 5.33. The van der Waals surface area contributed by atoms with Crippen LogP contribution in [0.5, 0.6) is 5.75 Å². The molecule has 0 saturated carbocycles. The maximum absolute atomic E-state index is 11.7. The number of urea groups is 1. The zero-order chi connectivity index (χ0) is 15.1. The molecule has 1 aromatic carbocycles. The normalized spacial score (nSPS) is 17.0. The van der Waals surface area contributed by atoms with Gasteiger partial charge in [0.05, 0.1) is 7.11 Å². The molecule has 5 nitrogen and oxygen atoms in total. The first-order valence-corrected chi connectivity index (χ1v) is 7.44. The first kappa shape index (κ1) is 15.6. The van der Waals surface area contributed by atoms with E-state index in [2.05, 4.69) is 22.8 Å². The van der Waals surface area contributed by atoms with Crippen LogP contribution in [0.15, 0.2) is 24.3 Å². The van der Waals surface area contributed by atoms with Crippen molar-refractivity contribution in [1.82, 2.24) is 10.6 Å². The third-order valence-electron chi connectivity index (χ3n) is 4.08. The average Bonchev–Trinajstić information content (AvgIpc) is 2.54. The number of carbonyl (C=O) groups is 1. The van der Waals surface area contributed by atoms with Crippen molar-refractivity contribution in [1.29, 1.82) is 0 Å². The summed E-state index contributed by atoms with van der Waals surface area (Å²) in [6, 6.07) is 8.00. The number of benzene rings is 1. The minimum atomic E-state index is -0.114. The van der Waals surface area contributed by atoms with Gasteiger partial charge in [0.2, 0.25) is 0 Å². The lowest BCUT2D eigenvalue weighted by atomic mass is 9.74. The molecule has 1 fully saturated rings. The smallest absolute Gasteiger partial charge is 0.314 e. The third-order valence-corrected chi connectivity index (χ3v) is 4.08. The van der Waals surface area contributed by atoms with Crippen LogP contribution in [-0.2, 0) is 10.2 Å². The lowest BCUT2D eigenvalue weighted by Gasteiger charge is -2.38. The molecule has 1 aliphatic heterocycles. The summed E-state index contributed by atoms with van der Waals surface area (Å²) >= 11 is 0. The molecule has 0 aliphatic carbocycles. The molecule has 1 heterocycles. The molecule has 21 heavy (non-hydrogen) atoms. The van der Waals surface area contributed by atoms with Crippen molar-refractivity contribution in [3.63, 3.8) is 0 Å². The van der Waals surface area contributed by atoms with Crippen molar-refractivity contribution in [2.75, 3.05) is 33.4 Å². The summed E-state index contributed by atoms with van der Waals surface area (Å²) in [5, 5.41) is 5.76. The van der Waals surface area contributed by atoms with Crippen LogP contribution in [-0.4, -0.2) is 39.4 Å². The van der Waals surface area contributed by atoms with Crippen LogP contribution in [0.4, 0.5) is 4.79 Å². The van der Waals surface area contributed by atoms with Crippen LogP contribution in [0.3, 0.4) is 0 Å². The van der Waals surface area contributed by atoms with Gasteiger partial charge in [-0.2, -0.15) is 0 Å². The van der Waals surface area contributed by atoms with Gasteiger partial charge in [-0.3, -0.25) is 0 Å². The van der Waals surface area contributed by atoms with Crippen molar-refractivity contribution in [2.24, 2.45) is 0 Å². The highest BCUT2D eigenvalue weighted by atomic mass is 16.5. The first-order valence-electron chi connectivity index (χ1n) is 7.44. The van der Waals surface area contributed by atoms with E-state index in [0.717, 1.165) is 31.8 Å². The third kappa shape index (κ3) is 3.88. The van der Waals surface area contributed by atoms with Crippen LogP contribution in [0.1, 0.15) is 25.3 Å². The molecule has 0 aromatic heterocycles. The Morgan fingerprint density at radius 3 is 2.48 bits per heavy atom. The Morgan fingerprint density at radius 1 is 1.24 bits per heavy atom. The van der Waals surface area contributed by atoms with Gasteiger partial charge in [0.25, 0.3) is 0 Å². The molecule has 2 N–H and O–H groups in total. The second-order valence-electron chi connectivity index (χ2n) is 5.33. The first-order chi connectivity index (χ1) is 10.2. The van der Waals surface area contributed by atoms with E-state index >= 15 is 0 Å². The molecule has 2 amide bonds. The number of ether oxygens (including phenoxy) is 2. The van der Waals surface area contributed by atoms with Crippen LogP contribution in [0.25, 0.3) is 0 Å². The Balaban J connectivity index is 2.13. The highest BCUT2D eigenvalue weighted by Crippen LogP contribution is 2.35. The Bertz CT molecular complexity index is 453. The van der Waals surface area contributed by atoms with Gasteiger partial charge in [0.15, 0.2) is 0 Å². The zero-order valence-corrected chi connectivity index (χ0v) is 12.8. The number of hydrogen-bond acceptors (Lipinski definition) is 3. The Morgan fingerprint density at radius 2 is 1.90 bits per heavy atom. The van der Waals surface area contributed by atoms with E-state index in [1.165, 1.54) is 5.56 Å². The van der Waals surface area contributed by atoms with Gasteiger partial charge in [-0.25, -0.2) is 4.79 Å². The average molecular weight is 292 g/mol. The molecule has 0 spiro atoms. The van der Waals surface area contributed by atoms with Crippen LogP contribution >= 0.6 is 0 Å². The molecule has 5 heteroatoms. The maximum atomic E-state index is 11.7. The Labute approximate surface area is 126 Å². The van der Waals surface area contributed by atoms with E-state index in [4.69, 9.17) is 9.47 Å². The molecule has 0 radical (unpaired) electrons. The van der Waals surface area contributed by atoms with Gasteiger partial charge in [-0.1, -0.05) is 12.1 Å². The summed E-state index contributed by atoms with van der Waals surface area (Å²) in [6.07, 6.45) is 1.82. The summed E-state index contributed by atoms with van der Waals surface area (Å²) < 4.78 is 10.7. The molecule has 2 rings (SSSR count). The fourth-order valence-electron chi connectivity index (χ4n) is 2.75. The maximum Gasteiger partial charge on any atom is 0.314 e. The molecule has 1 aliphatic rings. The highest BCUT2D eigenvalue weighted by Gasteiger charge is 2.34. The van der Waals surface area contributed by atoms with E-state index in [0.29, 0.717) is 13.1 Å². The molecule has 1 aromatic rings. The Hall–Kier alpha value is -1.75. The zero-order valence-electron chi connectivity index (χ0n) is 12.8. The number of methoxy groups -OCH3 is 1. The molecule has 0 atom stereocenters. The number of nitrogens with one attached hydrogen (secondary N) is 2. The quantitative estimate of drug-likeness (QED) is 0.873. The summed E-state index contributed by atoms with van der Waals surface area (Å²) in [5.74, 6) is 0.845. The van der Waals surface area contributed by atoms with E-state index in [-0.39, 0.29) is 11.4 Å². The summed E-state index contributed by atoms with van der Waals surface area (Å²) in [5.41, 5.74) is 1.17. The van der Waals surface area contributed by atoms with Gasteiger partial charge in [-0.05, 0) is 37.5 Å². The lowest BCUT2D eigenvalue weighted by Crippen LogP contribution is -2.47. The van der Waals surface area contributed by atoms with Crippen LogP contribution in [0, 0.1) is 0 Å². The fraction of sp³-hybridized carbons (Fsp3) is 0.562. The van der Waals surface area contributed by atoms with Crippen molar-refractivity contribution in [3.05, 3.63) is 29.8 Å². The van der Waals surface area contributed by atoms with Crippen molar-refractivity contribution < 1.29 is 14.3 Å². The molecule has 1 saturated heterocycles. The van der Waals surface area contributed by atoms with Crippen LogP contribution < -0.4 is 15.4 Å². The van der Waals surface area contributed by atoms with E-state index < -0.39 is 0 Å². The minimum absolute atomic E-state index is 0.0599. The van der Waals surface area contributed by atoms with Gasteiger partial charge < -0.3 is 20.1 Å². The minimum Gasteiger partial charge on any atom is -0.497 e. The monoisotopic (exact) mass is 292 g/mol. The topological polar surface area (TPSA) is 59.6 Å². The van der Waals surface area contributed by atoms with E-state index in [1.54, 1.807) is 7.11 Å². The predicted molar refractivity (Wildman–Crippen MR) is 81.8 cm³/mol. The summed E-state index contributed by atoms with van der Waals surface area (Å²) in [4.78, 5) is 11.7. The fourth-order valence-corrected chi connectivity index (χ4v) is 2.75. The van der Waals surface area contributed by atoms with Gasteiger partial charge in [0.1, 0.15) is 5.75 Å². The van der Waals surface area contributed by atoms with Gasteiger partial charge in [-0.15, -0.1) is 0 Å². The predicted octanol–water partition coefficient (Wildman–Crippen LogP) is 2.06. The van der Waals surface area contributed by atoms with E-state index in [1.807, 2.05) is 19.1 Å². The summed E-state index contributed by atoms with van der Waals surface area (Å²) in [6.45, 7) is 4.61. The molecule has 0 unspecified atom stereocenters. The van der Waals surface area contributed by atoms with Crippen molar-refractivity contribution in [2.45, 2.75) is 25.2 Å². The second kappa shape index (κ2) is 7.31. The van der Waals surface area contributed by atoms with Gasteiger partial charge >= 0.3 is 6.03 Å². The number of amides is 2. The highest BCUT2D eigenvalue weighted by molar-refractivity contribution is 5.73. The largest absolute Gasteiger partial charge is 0.497 e. The molecule has 116 valence electrons. The number of carbonyl (C=O) groups excluding carboxylic acids is 1. The molecular formula is C16H24N2O3. The standard InChI is InChI=1S/C16H24N2O3/c1-3-17-15(19)18-12-16(8-10-21-11-9-16)13-4-6-14(20-2)7-5-13/h4-7H,3,8-12H2,1-2H3,(H2,17,18,19). The van der Waals surface area contributed by atoms with Gasteiger partial charge in [0, 0.05) is 31.7 Å². The van der Waals surface area contributed by atoms with E-state index in [9.17, 15) is 4.79 Å². The molecular weight excluding hydrogens is 268 g/mol. The number of hydrogen-bond donors (Lipinski definition) is 2. The van der Waals surface area contributed by atoms with Crippen molar-refractivity contribution in [3.8, 4) is 5.75 Å². The lowest BCUT2D eigenvalue weighted by molar-refractivity contribution is 0.0507. The Kier molecular flexibility index (Phi) is 5.44. The SMILES string of the molecule is CCNC(=O)NCC1(c2ccc(OC)cc2)CCOCC1.